The lowest BCUT2D eigenvalue weighted by Gasteiger charge is -2.13. The van der Waals surface area contributed by atoms with Crippen LogP contribution < -0.4 is 5.32 Å². The molecular weight excluding hydrogens is 214 g/mol. The lowest BCUT2D eigenvalue weighted by molar-refractivity contribution is 0.161. The summed E-state index contributed by atoms with van der Waals surface area (Å²) < 4.78 is 4.95. The van der Waals surface area contributed by atoms with Crippen LogP contribution in [0.1, 0.15) is 29.2 Å². The van der Waals surface area contributed by atoms with E-state index < -0.39 is 6.10 Å². The summed E-state index contributed by atoms with van der Waals surface area (Å²) in [4.78, 5) is 0. The molecule has 0 heterocycles. The summed E-state index contributed by atoms with van der Waals surface area (Å²) in [6.07, 6.45) is 3.18. The van der Waals surface area contributed by atoms with Gasteiger partial charge in [-0.1, -0.05) is 18.2 Å². The van der Waals surface area contributed by atoms with Crippen LogP contribution in [-0.2, 0) is 17.6 Å². The molecule has 1 aromatic carbocycles. The molecule has 1 aliphatic rings. The van der Waals surface area contributed by atoms with Crippen LogP contribution in [0.3, 0.4) is 0 Å². The van der Waals surface area contributed by atoms with E-state index in [2.05, 4.69) is 17.4 Å². The number of hydrogen-bond acceptors (Lipinski definition) is 3. The van der Waals surface area contributed by atoms with Crippen LogP contribution in [0, 0.1) is 0 Å². The molecule has 2 N–H and O–H groups in total. The summed E-state index contributed by atoms with van der Waals surface area (Å²) in [6, 6.07) is 6.37. The zero-order chi connectivity index (χ0) is 12.1. The second-order valence-corrected chi connectivity index (χ2v) is 4.59. The fourth-order valence-electron chi connectivity index (χ4n) is 2.33. The van der Waals surface area contributed by atoms with E-state index in [1.54, 1.807) is 7.11 Å². The van der Waals surface area contributed by atoms with Crippen molar-refractivity contribution in [3.05, 3.63) is 34.9 Å². The third kappa shape index (κ3) is 3.28. The van der Waals surface area contributed by atoms with Gasteiger partial charge in [0, 0.05) is 20.2 Å². The lowest BCUT2D eigenvalue weighted by atomic mass is 10.0. The largest absolute Gasteiger partial charge is 0.387 e. The number of ether oxygens (including phenoxy) is 1. The normalized spacial score (nSPS) is 15.9. The molecule has 0 aromatic heterocycles. The molecule has 0 aliphatic heterocycles. The second-order valence-electron chi connectivity index (χ2n) is 4.59. The predicted molar refractivity (Wildman–Crippen MR) is 68.2 cm³/mol. The van der Waals surface area contributed by atoms with Crippen molar-refractivity contribution < 1.29 is 9.84 Å². The van der Waals surface area contributed by atoms with E-state index in [-0.39, 0.29) is 0 Å². The monoisotopic (exact) mass is 235 g/mol. The molecule has 1 unspecified atom stereocenters. The minimum atomic E-state index is -0.419. The predicted octanol–water partition coefficient (Wildman–Crippen LogP) is 1.44. The van der Waals surface area contributed by atoms with Gasteiger partial charge in [-0.15, -0.1) is 0 Å². The van der Waals surface area contributed by atoms with Crippen LogP contribution in [0.4, 0.5) is 0 Å². The summed E-state index contributed by atoms with van der Waals surface area (Å²) in [6.45, 7) is 2.04. The standard InChI is InChI=1S/C14H21NO2/c1-17-8-7-15-10-14(16)13-6-5-11-3-2-4-12(11)9-13/h5-6,9,14-16H,2-4,7-8,10H2,1H3. The number of hydrogen-bond donors (Lipinski definition) is 2. The van der Waals surface area contributed by atoms with Crippen molar-refractivity contribution in [2.45, 2.75) is 25.4 Å². The van der Waals surface area contributed by atoms with Crippen molar-refractivity contribution in [2.75, 3.05) is 26.8 Å². The third-order valence-corrected chi connectivity index (χ3v) is 3.33. The molecular formula is C14H21NO2. The van der Waals surface area contributed by atoms with E-state index in [4.69, 9.17) is 4.74 Å². The van der Waals surface area contributed by atoms with Gasteiger partial charge in [0.1, 0.15) is 0 Å². The first kappa shape index (κ1) is 12.6. The molecule has 0 fully saturated rings. The molecule has 2 rings (SSSR count). The van der Waals surface area contributed by atoms with E-state index in [9.17, 15) is 5.11 Å². The number of rotatable bonds is 6. The van der Waals surface area contributed by atoms with E-state index in [0.29, 0.717) is 13.2 Å². The Balaban J connectivity index is 1.88. The number of aliphatic hydroxyl groups excluding tert-OH is 1. The first-order valence-electron chi connectivity index (χ1n) is 6.30. The van der Waals surface area contributed by atoms with Crippen LogP contribution >= 0.6 is 0 Å². The molecule has 0 saturated heterocycles. The Morgan fingerprint density at radius 2 is 2.18 bits per heavy atom. The Bertz CT molecular complexity index is 365. The van der Waals surface area contributed by atoms with Crippen molar-refractivity contribution in [3.63, 3.8) is 0 Å². The molecule has 0 radical (unpaired) electrons. The number of fused-ring (bicyclic) bond motifs is 1. The Hall–Kier alpha value is -0.900. The van der Waals surface area contributed by atoms with Gasteiger partial charge in [0.05, 0.1) is 12.7 Å². The summed E-state index contributed by atoms with van der Waals surface area (Å²) in [5.74, 6) is 0. The van der Waals surface area contributed by atoms with E-state index in [0.717, 1.165) is 18.5 Å². The average molecular weight is 235 g/mol. The van der Waals surface area contributed by atoms with Crippen LogP contribution in [0.2, 0.25) is 0 Å². The Labute approximate surface area is 103 Å². The molecule has 0 bridgehead atoms. The molecule has 1 aromatic rings. The summed E-state index contributed by atoms with van der Waals surface area (Å²) >= 11 is 0. The van der Waals surface area contributed by atoms with E-state index in [1.165, 1.54) is 24.0 Å². The average Bonchev–Trinajstić information content (AvgIpc) is 2.81. The lowest BCUT2D eigenvalue weighted by Crippen LogP contribution is -2.25. The van der Waals surface area contributed by atoms with Gasteiger partial charge in [0.2, 0.25) is 0 Å². The molecule has 0 spiro atoms. The highest BCUT2D eigenvalue weighted by Crippen LogP contribution is 2.25. The fourth-order valence-corrected chi connectivity index (χ4v) is 2.33. The summed E-state index contributed by atoms with van der Waals surface area (Å²) in [5.41, 5.74) is 3.89. The quantitative estimate of drug-likeness (QED) is 0.733. The van der Waals surface area contributed by atoms with Gasteiger partial charge in [0.15, 0.2) is 0 Å². The first-order chi connectivity index (χ1) is 8.31. The highest BCUT2D eigenvalue weighted by atomic mass is 16.5. The van der Waals surface area contributed by atoms with Crippen LogP contribution in [-0.4, -0.2) is 31.9 Å². The van der Waals surface area contributed by atoms with E-state index in [1.807, 2.05) is 6.07 Å². The second kappa shape index (κ2) is 6.15. The molecule has 1 aliphatic carbocycles. The highest BCUT2D eigenvalue weighted by Gasteiger charge is 2.13. The molecule has 17 heavy (non-hydrogen) atoms. The summed E-state index contributed by atoms with van der Waals surface area (Å²) in [7, 11) is 1.68. The smallest absolute Gasteiger partial charge is 0.0914 e. The number of aryl methyl sites for hydroxylation is 2. The van der Waals surface area contributed by atoms with Gasteiger partial charge < -0.3 is 15.2 Å². The van der Waals surface area contributed by atoms with Gasteiger partial charge in [-0.25, -0.2) is 0 Å². The minimum absolute atomic E-state index is 0.419. The Morgan fingerprint density at radius 3 is 3.00 bits per heavy atom. The van der Waals surface area contributed by atoms with Crippen molar-refractivity contribution in [3.8, 4) is 0 Å². The molecule has 3 heteroatoms. The molecule has 0 amide bonds. The SMILES string of the molecule is COCCNCC(O)c1ccc2c(c1)CCC2. The van der Waals surface area contributed by atoms with Crippen LogP contribution in [0.15, 0.2) is 18.2 Å². The molecule has 3 nitrogen and oxygen atoms in total. The van der Waals surface area contributed by atoms with Gasteiger partial charge >= 0.3 is 0 Å². The maximum absolute atomic E-state index is 10.0. The zero-order valence-corrected chi connectivity index (χ0v) is 10.4. The maximum Gasteiger partial charge on any atom is 0.0914 e. The van der Waals surface area contributed by atoms with Gasteiger partial charge in [-0.05, 0) is 36.0 Å². The Morgan fingerprint density at radius 1 is 1.35 bits per heavy atom. The number of aliphatic hydroxyl groups is 1. The van der Waals surface area contributed by atoms with Crippen molar-refractivity contribution in [1.29, 1.82) is 0 Å². The Kier molecular flexibility index (Phi) is 4.54. The molecule has 1 atom stereocenters. The highest BCUT2D eigenvalue weighted by molar-refractivity contribution is 5.36. The molecule has 94 valence electrons. The zero-order valence-electron chi connectivity index (χ0n) is 10.4. The number of methoxy groups -OCH3 is 1. The fraction of sp³-hybridized carbons (Fsp3) is 0.571. The van der Waals surface area contributed by atoms with Crippen molar-refractivity contribution in [1.82, 2.24) is 5.32 Å². The first-order valence-corrected chi connectivity index (χ1v) is 6.30. The number of nitrogens with one attached hydrogen (secondary N) is 1. The van der Waals surface area contributed by atoms with Gasteiger partial charge in [-0.2, -0.15) is 0 Å². The maximum atomic E-state index is 10.0. The van der Waals surface area contributed by atoms with Gasteiger partial charge in [-0.3, -0.25) is 0 Å². The van der Waals surface area contributed by atoms with Crippen LogP contribution in [0.25, 0.3) is 0 Å². The summed E-state index contributed by atoms with van der Waals surface area (Å²) in [5, 5.41) is 13.2. The van der Waals surface area contributed by atoms with Crippen molar-refractivity contribution >= 4 is 0 Å². The molecule has 0 saturated carbocycles. The van der Waals surface area contributed by atoms with Crippen molar-refractivity contribution in [2.24, 2.45) is 0 Å². The van der Waals surface area contributed by atoms with Crippen LogP contribution in [0.5, 0.6) is 0 Å². The topological polar surface area (TPSA) is 41.5 Å². The minimum Gasteiger partial charge on any atom is -0.387 e. The number of benzene rings is 1. The van der Waals surface area contributed by atoms with Gasteiger partial charge in [0.25, 0.3) is 0 Å². The third-order valence-electron chi connectivity index (χ3n) is 3.33. The van der Waals surface area contributed by atoms with E-state index >= 15 is 0 Å².